The van der Waals surface area contributed by atoms with Crippen molar-refractivity contribution >= 4 is 12.0 Å². The normalized spacial score (nSPS) is 14.1. The Bertz CT molecular complexity index is 741. The van der Waals surface area contributed by atoms with Crippen LogP contribution in [0.5, 0.6) is 0 Å². The molecular formula is C21H24N2O2. The lowest BCUT2D eigenvalue weighted by Gasteiger charge is -2.29. The molecule has 1 heterocycles. The highest BCUT2D eigenvalue weighted by Crippen LogP contribution is 2.21. The van der Waals surface area contributed by atoms with Crippen LogP contribution in [0.25, 0.3) is 6.08 Å². The molecule has 0 saturated carbocycles. The van der Waals surface area contributed by atoms with E-state index < -0.39 is 0 Å². The third-order valence-electron chi connectivity index (χ3n) is 4.55. The second kappa shape index (κ2) is 8.60. The summed E-state index contributed by atoms with van der Waals surface area (Å²) in [5.41, 5.74) is 6.41. The van der Waals surface area contributed by atoms with Gasteiger partial charge in [0.2, 0.25) is 0 Å². The SMILES string of the molecule is O=C1c2ccc(/C=C/CNO)cc2CCN1CCCc1ccccc1. The smallest absolute Gasteiger partial charge is 0.254 e. The average Bonchev–Trinajstić information content (AvgIpc) is 2.65. The van der Waals surface area contributed by atoms with Gasteiger partial charge in [0.05, 0.1) is 0 Å². The van der Waals surface area contributed by atoms with Crippen LogP contribution < -0.4 is 5.48 Å². The predicted molar refractivity (Wildman–Crippen MR) is 99.6 cm³/mol. The van der Waals surface area contributed by atoms with Crippen molar-refractivity contribution in [2.75, 3.05) is 19.6 Å². The number of aryl methyl sites for hydroxylation is 1. The lowest BCUT2D eigenvalue weighted by molar-refractivity contribution is 0.0738. The highest BCUT2D eigenvalue weighted by molar-refractivity contribution is 5.97. The van der Waals surface area contributed by atoms with E-state index in [-0.39, 0.29) is 5.91 Å². The van der Waals surface area contributed by atoms with Gasteiger partial charge in [0, 0.05) is 25.2 Å². The number of hydroxylamine groups is 1. The van der Waals surface area contributed by atoms with Crippen LogP contribution in [0.1, 0.15) is 33.5 Å². The van der Waals surface area contributed by atoms with Gasteiger partial charge in [-0.25, -0.2) is 5.48 Å². The molecule has 0 aliphatic carbocycles. The summed E-state index contributed by atoms with van der Waals surface area (Å²) in [7, 11) is 0. The second-order valence-corrected chi connectivity index (χ2v) is 6.31. The van der Waals surface area contributed by atoms with Crippen LogP contribution in [-0.2, 0) is 12.8 Å². The van der Waals surface area contributed by atoms with Crippen molar-refractivity contribution in [3.8, 4) is 0 Å². The number of nitrogens with one attached hydrogen (secondary N) is 1. The summed E-state index contributed by atoms with van der Waals surface area (Å²) in [6.07, 6.45) is 6.68. The minimum Gasteiger partial charge on any atom is -0.338 e. The van der Waals surface area contributed by atoms with E-state index in [0.717, 1.165) is 49.0 Å². The average molecular weight is 336 g/mol. The maximum Gasteiger partial charge on any atom is 0.254 e. The molecule has 1 aliphatic rings. The molecule has 130 valence electrons. The van der Waals surface area contributed by atoms with Gasteiger partial charge in [-0.15, -0.1) is 0 Å². The molecule has 0 atom stereocenters. The second-order valence-electron chi connectivity index (χ2n) is 6.31. The Labute approximate surface area is 148 Å². The van der Waals surface area contributed by atoms with Crippen LogP contribution in [0.2, 0.25) is 0 Å². The van der Waals surface area contributed by atoms with Crippen molar-refractivity contribution in [2.45, 2.75) is 19.3 Å². The first-order valence-electron chi connectivity index (χ1n) is 8.77. The van der Waals surface area contributed by atoms with Crippen molar-refractivity contribution in [3.63, 3.8) is 0 Å². The Hall–Kier alpha value is -2.43. The van der Waals surface area contributed by atoms with Gasteiger partial charge in [-0.1, -0.05) is 54.6 Å². The summed E-state index contributed by atoms with van der Waals surface area (Å²) in [6.45, 7) is 1.99. The van der Waals surface area contributed by atoms with Crippen LogP contribution >= 0.6 is 0 Å². The van der Waals surface area contributed by atoms with Gasteiger partial charge in [0.25, 0.3) is 5.91 Å². The van der Waals surface area contributed by atoms with Gasteiger partial charge in [0.1, 0.15) is 0 Å². The fourth-order valence-corrected chi connectivity index (χ4v) is 3.24. The minimum atomic E-state index is 0.141. The van der Waals surface area contributed by atoms with Crippen molar-refractivity contribution in [1.29, 1.82) is 0 Å². The van der Waals surface area contributed by atoms with E-state index in [0.29, 0.717) is 6.54 Å². The Kier molecular flexibility index (Phi) is 5.99. The third kappa shape index (κ3) is 4.56. The molecule has 0 spiro atoms. The van der Waals surface area contributed by atoms with E-state index in [1.807, 2.05) is 35.3 Å². The molecule has 2 aromatic carbocycles. The summed E-state index contributed by atoms with van der Waals surface area (Å²) >= 11 is 0. The summed E-state index contributed by atoms with van der Waals surface area (Å²) < 4.78 is 0. The Morgan fingerprint density at radius 1 is 1.16 bits per heavy atom. The van der Waals surface area contributed by atoms with Gasteiger partial charge in [-0.2, -0.15) is 0 Å². The summed E-state index contributed by atoms with van der Waals surface area (Å²) in [6, 6.07) is 16.4. The summed E-state index contributed by atoms with van der Waals surface area (Å²) in [5.74, 6) is 0.141. The van der Waals surface area contributed by atoms with Gasteiger partial charge >= 0.3 is 0 Å². The number of amides is 1. The molecule has 0 bridgehead atoms. The number of benzene rings is 2. The Balaban J connectivity index is 1.59. The van der Waals surface area contributed by atoms with E-state index in [4.69, 9.17) is 5.21 Å². The van der Waals surface area contributed by atoms with Gasteiger partial charge in [-0.3, -0.25) is 4.79 Å². The van der Waals surface area contributed by atoms with Gasteiger partial charge < -0.3 is 10.1 Å². The maximum atomic E-state index is 12.7. The Morgan fingerprint density at radius 3 is 2.80 bits per heavy atom. The van der Waals surface area contributed by atoms with E-state index in [2.05, 4.69) is 35.8 Å². The third-order valence-corrected chi connectivity index (χ3v) is 4.55. The zero-order chi connectivity index (χ0) is 17.5. The monoisotopic (exact) mass is 336 g/mol. The first kappa shape index (κ1) is 17.4. The number of nitrogens with zero attached hydrogens (tertiary/aromatic N) is 1. The van der Waals surface area contributed by atoms with E-state index in [1.165, 1.54) is 5.56 Å². The number of hydrogen-bond donors (Lipinski definition) is 2. The quantitative estimate of drug-likeness (QED) is 0.763. The highest BCUT2D eigenvalue weighted by Gasteiger charge is 2.23. The van der Waals surface area contributed by atoms with Crippen molar-refractivity contribution in [1.82, 2.24) is 10.4 Å². The minimum absolute atomic E-state index is 0.141. The predicted octanol–water partition coefficient (Wildman–Crippen LogP) is 3.31. The van der Waals surface area contributed by atoms with Crippen LogP contribution in [0.3, 0.4) is 0 Å². The lowest BCUT2D eigenvalue weighted by Crippen LogP contribution is -2.38. The molecule has 2 aromatic rings. The molecule has 0 radical (unpaired) electrons. The fourth-order valence-electron chi connectivity index (χ4n) is 3.24. The van der Waals surface area contributed by atoms with Gasteiger partial charge in [-0.05, 0) is 42.0 Å². The fraction of sp³-hybridized carbons (Fsp3) is 0.286. The number of rotatable bonds is 7. The molecule has 0 saturated heterocycles. The molecule has 3 rings (SSSR count). The number of fused-ring (bicyclic) bond motifs is 1. The standard InChI is InChI=1S/C21H24N2O2/c24-21-20-11-10-18(8-4-13-22-25)16-19(20)12-15-23(21)14-5-9-17-6-2-1-3-7-17/h1-4,6-8,10-11,16,22,25H,5,9,12-15H2/b8-4+. The topological polar surface area (TPSA) is 52.6 Å². The molecular weight excluding hydrogens is 312 g/mol. The summed E-state index contributed by atoms with van der Waals surface area (Å²) in [5, 5.41) is 8.59. The molecule has 25 heavy (non-hydrogen) atoms. The van der Waals surface area contributed by atoms with Crippen LogP contribution in [0.15, 0.2) is 54.6 Å². The van der Waals surface area contributed by atoms with Crippen molar-refractivity contribution < 1.29 is 10.0 Å². The largest absolute Gasteiger partial charge is 0.338 e. The van der Waals surface area contributed by atoms with Crippen LogP contribution in [0, 0.1) is 0 Å². The molecule has 1 aliphatic heterocycles. The number of carbonyl (C=O) groups excluding carboxylic acids is 1. The van der Waals surface area contributed by atoms with E-state index in [1.54, 1.807) is 0 Å². The first-order chi connectivity index (χ1) is 12.3. The zero-order valence-electron chi connectivity index (χ0n) is 14.3. The molecule has 0 fully saturated rings. The van der Waals surface area contributed by atoms with Crippen LogP contribution in [0.4, 0.5) is 0 Å². The highest BCUT2D eigenvalue weighted by atomic mass is 16.5. The number of carbonyl (C=O) groups is 1. The molecule has 0 aromatic heterocycles. The van der Waals surface area contributed by atoms with Crippen molar-refractivity contribution in [2.24, 2.45) is 0 Å². The molecule has 4 heteroatoms. The number of hydrogen-bond acceptors (Lipinski definition) is 3. The van der Waals surface area contributed by atoms with E-state index >= 15 is 0 Å². The molecule has 4 nitrogen and oxygen atoms in total. The first-order valence-corrected chi connectivity index (χ1v) is 8.77. The lowest BCUT2D eigenvalue weighted by atomic mass is 9.96. The molecule has 2 N–H and O–H groups in total. The van der Waals surface area contributed by atoms with Crippen molar-refractivity contribution in [3.05, 3.63) is 76.9 Å². The summed E-state index contributed by atoms with van der Waals surface area (Å²) in [4.78, 5) is 14.7. The van der Waals surface area contributed by atoms with Gasteiger partial charge in [0.15, 0.2) is 0 Å². The molecule has 0 unspecified atom stereocenters. The Morgan fingerprint density at radius 2 is 2.00 bits per heavy atom. The molecule has 1 amide bonds. The van der Waals surface area contributed by atoms with E-state index in [9.17, 15) is 4.79 Å². The van der Waals surface area contributed by atoms with Crippen LogP contribution in [-0.4, -0.2) is 35.6 Å². The maximum absolute atomic E-state index is 12.7. The zero-order valence-corrected chi connectivity index (χ0v) is 14.3.